The number of ether oxygens (including phenoxy) is 1. The van der Waals surface area contributed by atoms with E-state index in [0.29, 0.717) is 6.61 Å². The Balaban J connectivity index is 2.02. The number of benzene rings is 1. The molecule has 1 aliphatic heterocycles. The Kier molecular flexibility index (Phi) is 1.52. The van der Waals surface area contributed by atoms with Gasteiger partial charge in [-0.05, 0) is 25.0 Å². The van der Waals surface area contributed by atoms with E-state index < -0.39 is 0 Å². The molecule has 4 heteroatoms. The maximum Gasteiger partial charge on any atom is 0.415 e. The minimum Gasteiger partial charge on any atom is -0.508 e. The Morgan fingerprint density at radius 2 is 2.20 bits per heavy atom. The van der Waals surface area contributed by atoms with Gasteiger partial charge in [0.1, 0.15) is 12.4 Å². The molecule has 78 valence electrons. The molecule has 1 aromatic rings. The van der Waals surface area contributed by atoms with Crippen LogP contribution in [-0.2, 0) is 4.74 Å². The van der Waals surface area contributed by atoms with E-state index in [-0.39, 0.29) is 17.4 Å². The fraction of sp³-hybridized carbons (Fsp3) is 0.364. The van der Waals surface area contributed by atoms with Crippen LogP contribution in [0.4, 0.5) is 10.5 Å². The quantitative estimate of drug-likeness (QED) is 0.761. The van der Waals surface area contributed by atoms with Crippen LogP contribution >= 0.6 is 0 Å². The molecule has 1 aliphatic carbocycles. The molecule has 1 amide bonds. The van der Waals surface area contributed by atoms with Crippen molar-refractivity contribution in [3.8, 4) is 5.75 Å². The Morgan fingerprint density at radius 3 is 2.87 bits per heavy atom. The monoisotopic (exact) mass is 205 g/mol. The maximum absolute atomic E-state index is 11.6. The Hall–Kier alpha value is -1.71. The summed E-state index contributed by atoms with van der Waals surface area (Å²) in [6, 6.07) is 6.72. The van der Waals surface area contributed by atoms with Crippen LogP contribution in [0.2, 0.25) is 0 Å². The number of nitrogens with zero attached hydrogens (tertiary/aromatic N) is 1. The molecule has 1 saturated carbocycles. The van der Waals surface area contributed by atoms with Gasteiger partial charge in [0.2, 0.25) is 0 Å². The number of amides is 1. The fourth-order valence-corrected chi connectivity index (χ4v) is 2.04. The van der Waals surface area contributed by atoms with E-state index in [9.17, 15) is 9.90 Å². The summed E-state index contributed by atoms with van der Waals surface area (Å²) in [7, 11) is 0. The van der Waals surface area contributed by atoms with Crippen LogP contribution in [0.15, 0.2) is 24.3 Å². The standard InChI is InChI=1S/C11H11NO3/c13-9-3-1-2-8(6-9)12-10(14)15-7-11(12)4-5-11/h1-3,6,13H,4-5,7H2. The van der Waals surface area contributed by atoms with Gasteiger partial charge in [-0.15, -0.1) is 0 Å². The first-order valence-electron chi connectivity index (χ1n) is 4.97. The van der Waals surface area contributed by atoms with Gasteiger partial charge in [0.05, 0.1) is 11.2 Å². The van der Waals surface area contributed by atoms with Crippen LogP contribution in [-0.4, -0.2) is 23.3 Å². The van der Waals surface area contributed by atoms with Gasteiger partial charge in [-0.1, -0.05) is 6.07 Å². The summed E-state index contributed by atoms with van der Waals surface area (Å²) in [6.45, 7) is 0.474. The van der Waals surface area contributed by atoms with Crippen molar-refractivity contribution in [2.45, 2.75) is 18.4 Å². The maximum atomic E-state index is 11.6. The number of cyclic esters (lactones) is 1. The summed E-state index contributed by atoms with van der Waals surface area (Å²) >= 11 is 0. The van der Waals surface area contributed by atoms with Crippen molar-refractivity contribution in [1.29, 1.82) is 0 Å². The molecular formula is C11H11NO3. The second kappa shape index (κ2) is 2.66. The van der Waals surface area contributed by atoms with Crippen LogP contribution in [0.25, 0.3) is 0 Å². The smallest absolute Gasteiger partial charge is 0.415 e. The van der Waals surface area contributed by atoms with Gasteiger partial charge in [0, 0.05) is 6.07 Å². The Labute approximate surface area is 87.1 Å². The number of hydrogen-bond acceptors (Lipinski definition) is 3. The molecule has 1 N–H and O–H groups in total. The summed E-state index contributed by atoms with van der Waals surface area (Å²) < 4.78 is 5.04. The van der Waals surface area contributed by atoms with E-state index in [2.05, 4.69) is 0 Å². The molecule has 2 fully saturated rings. The number of carbonyl (C=O) groups excluding carboxylic acids is 1. The second-order valence-corrected chi connectivity index (χ2v) is 4.13. The number of rotatable bonds is 1. The minimum atomic E-state index is -0.307. The molecule has 0 radical (unpaired) electrons. The number of carbonyl (C=O) groups is 1. The number of aromatic hydroxyl groups is 1. The van der Waals surface area contributed by atoms with Crippen molar-refractivity contribution in [2.75, 3.05) is 11.5 Å². The lowest BCUT2D eigenvalue weighted by molar-refractivity contribution is 0.178. The second-order valence-electron chi connectivity index (χ2n) is 4.13. The summed E-state index contributed by atoms with van der Waals surface area (Å²) in [5, 5.41) is 9.37. The molecule has 0 aromatic heterocycles. The van der Waals surface area contributed by atoms with Crippen molar-refractivity contribution < 1.29 is 14.6 Å². The largest absolute Gasteiger partial charge is 0.508 e. The summed E-state index contributed by atoms with van der Waals surface area (Å²) in [5.41, 5.74) is 0.597. The number of phenolic OH excluding ortho intramolecular Hbond substituents is 1. The lowest BCUT2D eigenvalue weighted by Crippen LogP contribution is -2.35. The third-order valence-corrected chi connectivity index (χ3v) is 3.04. The van der Waals surface area contributed by atoms with Gasteiger partial charge in [0.25, 0.3) is 0 Å². The molecular weight excluding hydrogens is 194 g/mol. The SMILES string of the molecule is O=C1OCC2(CC2)N1c1cccc(O)c1. The van der Waals surface area contributed by atoms with Gasteiger partial charge in [-0.25, -0.2) is 4.79 Å². The first kappa shape index (κ1) is 8.59. The highest BCUT2D eigenvalue weighted by molar-refractivity contribution is 5.92. The number of anilines is 1. The van der Waals surface area contributed by atoms with Crippen LogP contribution in [0.3, 0.4) is 0 Å². The average Bonchev–Trinajstić information content (AvgIpc) is 2.88. The Bertz CT molecular complexity index is 426. The highest BCUT2D eigenvalue weighted by Gasteiger charge is 2.57. The zero-order chi connectivity index (χ0) is 10.5. The van der Waals surface area contributed by atoms with E-state index in [4.69, 9.17) is 4.74 Å². The molecule has 4 nitrogen and oxygen atoms in total. The lowest BCUT2D eigenvalue weighted by Gasteiger charge is -2.20. The molecule has 2 aliphatic rings. The van der Waals surface area contributed by atoms with Crippen molar-refractivity contribution in [1.82, 2.24) is 0 Å². The van der Waals surface area contributed by atoms with Crippen LogP contribution < -0.4 is 4.90 Å². The number of phenols is 1. The fourth-order valence-electron chi connectivity index (χ4n) is 2.04. The Morgan fingerprint density at radius 1 is 1.40 bits per heavy atom. The van der Waals surface area contributed by atoms with E-state index in [1.807, 2.05) is 6.07 Å². The van der Waals surface area contributed by atoms with Gasteiger partial charge >= 0.3 is 6.09 Å². The van der Waals surface area contributed by atoms with Gasteiger partial charge < -0.3 is 9.84 Å². The van der Waals surface area contributed by atoms with Gasteiger partial charge in [-0.3, -0.25) is 4.90 Å². The van der Waals surface area contributed by atoms with Crippen molar-refractivity contribution in [3.05, 3.63) is 24.3 Å². The normalized spacial score (nSPS) is 21.9. The molecule has 3 rings (SSSR count). The van der Waals surface area contributed by atoms with E-state index in [1.54, 1.807) is 23.1 Å². The van der Waals surface area contributed by atoms with E-state index in [1.165, 1.54) is 0 Å². The first-order chi connectivity index (χ1) is 7.21. The van der Waals surface area contributed by atoms with Crippen LogP contribution in [0.5, 0.6) is 5.75 Å². The molecule has 15 heavy (non-hydrogen) atoms. The highest BCUT2D eigenvalue weighted by Crippen LogP contribution is 2.48. The van der Waals surface area contributed by atoms with Crippen LogP contribution in [0, 0.1) is 0 Å². The molecule has 0 atom stereocenters. The predicted molar refractivity (Wildman–Crippen MR) is 53.9 cm³/mol. The highest BCUT2D eigenvalue weighted by atomic mass is 16.6. The molecule has 1 spiro atoms. The zero-order valence-corrected chi connectivity index (χ0v) is 8.14. The molecule has 0 unspecified atom stereocenters. The lowest BCUT2D eigenvalue weighted by atomic mass is 10.2. The first-order valence-corrected chi connectivity index (χ1v) is 4.97. The predicted octanol–water partition coefficient (Wildman–Crippen LogP) is 1.88. The zero-order valence-electron chi connectivity index (χ0n) is 8.14. The number of hydrogen-bond donors (Lipinski definition) is 1. The molecule has 1 aromatic carbocycles. The van der Waals surface area contributed by atoms with E-state index in [0.717, 1.165) is 18.5 Å². The molecule has 1 heterocycles. The van der Waals surface area contributed by atoms with Gasteiger partial charge in [0.15, 0.2) is 0 Å². The van der Waals surface area contributed by atoms with Crippen LogP contribution in [0.1, 0.15) is 12.8 Å². The van der Waals surface area contributed by atoms with Crippen molar-refractivity contribution >= 4 is 11.8 Å². The minimum absolute atomic E-state index is 0.120. The summed E-state index contributed by atoms with van der Waals surface area (Å²) in [6.07, 6.45) is 1.65. The average molecular weight is 205 g/mol. The summed E-state index contributed by atoms with van der Waals surface area (Å²) in [5.74, 6) is 0.169. The topological polar surface area (TPSA) is 49.8 Å². The van der Waals surface area contributed by atoms with Crippen molar-refractivity contribution in [3.63, 3.8) is 0 Å². The third kappa shape index (κ3) is 1.17. The van der Waals surface area contributed by atoms with Crippen molar-refractivity contribution in [2.24, 2.45) is 0 Å². The molecule has 0 bridgehead atoms. The van der Waals surface area contributed by atoms with Gasteiger partial charge in [-0.2, -0.15) is 0 Å². The van der Waals surface area contributed by atoms with E-state index >= 15 is 0 Å². The third-order valence-electron chi connectivity index (χ3n) is 3.04. The molecule has 1 saturated heterocycles. The summed E-state index contributed by atoms with van der Waals surface area (Å²) in [4.78, 5) is 13.2.